The molecule has 0 aliphatic carbocycles. The maximum absolute atomic E-state index is 5.47. The molecule has 1 aromatic carbocycles. The summed E-state index contributed by atoms with van der Waals surface area (Å²) in [5.41, 5.74) is 0.911. The van der Waals surface area contributed by atoms with Crippen LogP contribution in [0.15, 0.2) is 31.6 Å². The number of furan rings is 1. The monoisotopic (exact) mass is 288 g/mol. The fraction of sp³-hybridized carbons (Fsp3) is 0.111. The highest BCUT2D eigenvalue weighted by atomic mass is 79.9. The number of benzene rings is 1. The van der Waals surface area contributed by atoms with Crippen LogP contribution >= 0.6 is 31.9 Å². The second-order valence-electron chi connectivity index (χ2n) is 2.66. The molecule has 0 fully saturated rings. The van der Waals surface area contributed by atoms with E-state index in [0.717, 1.165) is 25.7 Å². The van der Waals surface area contributed by atoms with Gasteiger partial charge in [-0.1, -0.05) is 15.9 Å². The Balaban J connectivity index is 2.88. The van der Waals surface area contributed by atoms with Crippen LogP contribution in [-0.4, -0.2) is 0 Å². The molecule has 0 radical (unpaired) electrons. The number of hydrogen-bond acceptors (Lipinski definition) is 1. The highest BCUT2D eigenvalue weighted by Crippen LogP contribution is 2.30. The van der Waals surface area contributed by atoms with Crippen molar-refractivity contribution in [3.8, 4) is 0 Å². The molecule has 0 aliphatic rings. The standard InChI is InChI=1S/C9H6Br2O/c1-5-2-7-8(11)3-6(10)4-9(7)12-5/h2-4H,1H3. The van der Waals surface area contributed by atoms with E-state index < -0.39 is 0 Å². The van der Waals surface area contributed by atoms with Gasteiger partial charge in [0, 0.05) is 14.3 Å². The van der Waals surface area contributed by atoms with Crippen LogP contribution in [0.25, 0.3) is 11.0 Å². The largest absolute Gasteiger partial charge is 0.461 e. The van der Waals surface area contributed by atoms with Crippen LogP contribution in [0.4, 0.5) is 0 Å². The van der Waals surface area contributed by atoms with Gasteiger partial charge >= 0.3 is 0 Å². The molecule has 0 bridgehead atoms. The molecule has 12 heavy (non-hydrogen) atoms. The summed E-state index contributed by atoms with van der Waals surface area (Å²) in [6.07, 6.45) is 0. The average molecular weight is 290 g/mol. The van der Waals surface area contributed by atoms with Crippen molar-refractivity contribution in [3.05, 3.63) is 32.9 Å². The lowest BCUT2D eigenvalue weighted by atomic mass is 10.2. The number of rotatable bonds is 0. The zero-order valence-corrected chi connectivity index (χ0v) is 9.57. The Morgan fingerprint density at radius 1 is 1.17 bits per heavy atom. The first-order valence-corrected chi connectivity index (χ1v) is 5.10. The summed E-state index contributed by atoms with van der Waals surface area (Å²) in [5, 5.41) is 1.12. The van der Waals surface area contributed by atoms with E-state index in [4.69, 9.17) is 4.42 Å². The first-order chi connectivity index (χ1) is 5.66. The van der Waals surface area contributed by atoms with Crippen molar-refractivity contribution < 1.29 is 4.42 Å². The second-order valence-corrected chi connectivity index (χ2v) is 4.43. The molecule has 0 aliphatic heterocycles. The first-order valence-electron chi connectivity index (χ1n) is 3.52. The van der Waals surface area contributed by atoms with Crippen LogP contribution in [0.5, 0.6) is 0 Å². The molecule has 1 aromatic heterocycles. The Kier molecular flexibility index (Phi) is 2.00. The number of hydrogen-bond donors (Lipinski definition) is 0. The van der Waals surface area contributed by atoms with E-state index in [1.54, 1.807) is 0 Å². The smallest absolute Gasteiger partial charge is 0.136 e. The third kappa shape index (κ3) is 1.31. The van der Waals surface area contributed by atoms with Crippen LogP contribution < -0.4 is 0 Å². The van der Waals surface area contributed by atoms with E-state index in [1.165, 1.54) is 0 Å². The zero-order valence-electron chi connectivity index (χ0n) is 6.40. The van der Waals surface area contributed by atoms with Crippen LogP contribution in [0.2, 0.25) is 0 Å². The summed E-state index contributed by atoms with van der Waals surface area (Å²) in [4.78, 5) is 0. The third-order valence-electron chi connectivity index (χ3n) is 1.67. The second kappa shape index (κ2) is 2.89. The topological polar surface area (TPSA) is 13.1 Å². The average Bonchev–Trinajstić information content (AvgIpc) is 2.29. The van der Waals surface area contributed by atoms with Gasteiger partial charge in [-0.3, -0.25) is 0 Å². The number of fused-ring (bicyclic) bond motifs is 1. The molecule has 2 aromatic rings. The van der Waals surface area contributed by atoms with Gasteiger partial charge in [0.05, 0.1) is 0 Å². The molecule has 0 atom stereocenters. The third-order valence-corrected chi connectivity index (χ3v) is 2.79. The van der Waals surface area contributed by atoms with E-state index in [-0.39, 0.29) is 0 Å². The van der Waals surface area contributed by atoms with Crippen molar-refractivity contribution in [1.29, 1.82) is 0 Å². The zero-order chi connectivity index (χ0) is 8.72. The van der Waals surface area contributed by atoms with Crippen LogP contribution in [0.3, 0.4) is 0 Å². The van der Waals surface area contributed by atoms with Crippen molar-refractivity contribution in [1.82, 2.24) is 0 Å². The number of halogens is 2. The van der Waals surface area contributed by atoms with Crippen molar-refractivity contribution in [2.24, 2.45) is 0 Å². The Labute approximate surface area is 87.0 Å². The lowest BCUT2D eigenvalue weighted by molar-refractivity contribution is 0.578. The van der Waals surface area contributed by atoms with Gasteiger partial charge in [-0.25, -0.2) is 0 Å². The Morgan fingerprint density at radius 2 is 1.92 bits per heavy atom. The van der Waals surface area contributed by atoms with E-state index in [9.17, 15) is 0 Å². The molecule has 62 valence electrons. The Bertz CT molecular complexity index is 431. The van der Waals surface area contributed by atoms with Crippen molar-refractivity contribution in [3.63, 3.8) is 0 Å². The number of aryl methyl sites for hydroxylation is 1. The van der Waals surface area contributed by atoms with Gasteiger partial charge in [0.1, 0.15) is 11.3 Å². The maximum Gasteiger partial charge on any atom is 0.136 e. The Morgan fingerprint density at radius 3 is 2.67 bits per heavy atom. The van der Waals surface area contributed by atoms with E-state index in [2.05, 4.69) is 31.9 Å². The Hall–Kier alpha value is -0.280. The van der Waals surface area contributed by atoms with Crippen LogP contribution in [0, 0.1) is 6.92 Å². The van der Waals surface area contributed by atoms with Gasteiger partial charge in [-0.2, -0.15) is 0 Å². The van der Waals surface area contributed by atoms with Crippen molar-refractivity contribution >= 4 is 42.8 Å². The molecule has 3 heteroatoms. The summed E-state index contributed by atoms with van der Waals surface area (Å²) < 4.78 is 7.55. The molecule has 0 amide bonds. The van der Waals surface area contributed by atoms with Gasteiger partial charge in [0.15, 0.2) is 0 Å². The highest BCUT2D eigenvalue weighted by Gasteiger charge is 2.04. The molecule has 0 unspecified atom stereocenters. The van der Waals surface area contributed by atoms with Gasteiger partial charge in [0.25, 0.3) is 0 Å². The van der Waals surface area contributed by atoms with Gasteiger partial charge in [0.2, 0.25) is 0 Å². The van der Waals surface area contributed by atoms with Crippen LogP contribution in [-0.2, 0) is 0 Å². The minimum Gasteiger partial charge on any atom is -0.461 e. The molecule has 0 N–H and O–H groups in total. The van der Waals surface area contributed by atoms with Gasteiger partial charge in [-0.15, -0.1) is 0 Å². The fourth-order valence-corrected chi connectivity index (χ4v) is 2.49. The van der Waals surface area contributed by atoms with E-state index in [1.807, 2.05) is 25.1 Å². The van der Waals surface area contributed by atoms with E-state index in [0.29, 0.717) is 0 Å². The van der Waals surface area contributed by atoms with Gasteiger partial charge in [-0.05, 0) is 41.1 Å². The lowest BCUT2D eigenvalue weighted by Crippen LogP contribution is -1.68. The van der Waals surface area contributed by atoms with E-state index >= 15 is 0 Å². The van der Waals surface area contributed by atoms with Gasteiger partial charge < -0.3 is 4.42 Å². The fourth-order valence-electron chi connectivity index (χ4n) is 1.19. The van der Waals surface area contributed by atoms with Crippen molar-refractivity contribution in [2.45, 2.75) is 6.92 Å². The molecule has 0 saturated carbocycles. The quantitative estimate of drug-likeness (QED) is 0.706. The summed E-state index contributed by atoms with van der Waals surface area (Å²) in [7, 11) is 0. The maximum atomic E-state index is 5.47. The molecule has 2 rings (SSSR count). The molecular weight excluding hydrogens is 284 g/mol. The van der Waals surface area contributed by atoms with Crippen LogP contribution in [0.1, 0.15) is 5.76 Å². The summed E-state index contributed by atoms with van der Waals surface area (Å²) in [6, 6.07) is 6.00. The summed E-state index contributed by atoms with van der Waals surface area (Å²) in [5.74, 6) is 0.934. The van der Waals surface area contributed by atoms with Crippen molar-refractivity contribution in [2.75, 3.05) is 0 Å². The summed E-state index contributed by atoms with van der Waals surface area (Å²) >= 11 is 6.87. The highest BCUT2D eigenvalue weighted by molar-refractivity contribution is 9.11. The molecule has 1 nitrogen and oxygen atoms in total. The lowest BCUT2D eigenvalue weighted by Gasteiger charge is -1.93. The SMILES string of the molecule is Cc1cc2c(Br)cc(Br)cc2o1. The molecular formula is C9H6Br2O. The predicted octanol–water partition coefficient (Wildman–Crippen LogP) is 4.27. The molecule has 0 spiro atoms. The summed E-state index contributed by atoms with van der Waals surface area (Å²) in [6.45, 7) is 1.94. The normalized spacial score (nSPS) is 10.9. The minimum atomic E-state index is 0.911. The minimum absolute atomic E-state index is 0.911. The first kappa shape index (κ1) is 8.32. The predicted molar refractivity (Wildman–Crippen MR) is 56.4 cm³/mol. The molecule has 0 saturated heterocycles. The molecule has 1 heterocycles.